The van der Waals surface area contributed by atoms with Gasteiger partial charge in [0.05, 0.1) is 33.8 Å². The number of amides is 3. The summed E-state index contributed by atoms with van der Waals surface area (Å²) in [7, 11) is 0. The third kappa shape index (κ3) is 10.7. The maximum atomic E-state index is 13.6. The summed E-state index contributed by atoms with van der Waals surface area (Å²) in [5.74, 6) is -2.62. The first-order valence-corrected chi connectivity index (χ1v) is 26.4. The second-order valence-corrected chi connectivity index (χ2v) is 20.7. The predicted molar refractivity (Wildman–Crippen MR) is 300 cm³/mol. The number of nitrogens with one attached hydrogen (secondary N) is 3. The molecule has 22 heteroatoms. The third-order valence-electron chi connectivity index (χ3n) is 15.4. The van der Waals surface area contributed by atoms with Crippen LogP contribution in [0.4, 0.5) is 69.7 Å². The number of anilines is 3. The van der Waals surface area contributed by atoms with Crippen molar-refractivity contribution in [3.8, 4) is 23.0 Å². The SMILES string of the molecule is Cc1ccc(C2(c3ccc(O)cc3)C(=O)Nc3c(C(F)(F)F)cccc32)cc1.Cc1ccc([C@]2(c3ccc(O)cc3)C(=O)Nc3c(C(F)(F)F)cccc32)cc1.O=C1Nc2c(C(F)(F)F)cccc2[C@@]1(c1ccc(O)cc1)c1ccc(OC(F)(F)F)cc1. The van der Waals surface area contributed by atoms with E-state index < -0.39 is 87.0 Å². The number of hydrogen-bond acceptors (Lipinski definition) is 7. The number of carbonyl (C=O) groups is 3. The van der Waals surface area contributed by atoms with Gasteiger partial charge in [-0.3, -0.25) is 14.4 Å². The van der Waals surface area contributed by atoms with Crippen LogP contribution in [0, 0.1) is 13.8 Å². The molecular weight excluding hydrogens is 1170 g/mol. The fourth-order valence-corrected chi connectivity index (χ4v) is 11.6. The second-order valence-electron chi connectivity index (χ2n) is 20.7. The molecule has 0 radical (unpaired) electrons. The average molecular weight is 1220 g/mol. The summed E-state index contributed by atoms with van der Waals surface area (Å²) in [6.45, 7) is 3.78. The normalized spacial score (nSPS) is 18.5. The zero-order chi connectivity index (χ0) is 63.5. The molecule has 0 aromatic heterocycles. The van der Waals surface area contributed by atoms with E-state index in [-0.39, 0.29) is 56.4 Å². The molecule has 10 nitrogen and oxygen atoms in total. The number of halogens is 12. The van der Waals surface area contributed by atoms with Crippen molar-refractivity contribution < 1.29 is 87.1 Å². The number of carbonyl (C=O) groups excluding carboxylic acids is 3. The minimum Gasteiger partial charge on any atom is -0.508 e. The maximum absolute atomic E-state index is 13.6. The van der Waals surface area contributed by atoms with Gasteiger partial charge in [-0.1, -0.05) is 145 Å². The van der Waals surface area contributed by atoms with Gasteiger partial charge in [0.1, 0.15) is 39.2 Å². The first-order chi connectivity index (χ1) is 41.4. The maximum Gasteiger partial charge on any atom is 0.573 e. The van der Waals surface area contributed by atoms with Gasteiger partial charge in [-0.25, -0.2) is 0 Å². The van der Waals surface area contributed by atoms with Gasteiger partial charge in [-0.15, -0.1) is 13.2 Å². The summed E-state index contributed by atoms with van der Waals surface area (Å²) < 4.78 is 163. The van der Waals surface area contributed by atoms with E-state index in [1.54, 1.807) is 48.5 Å². The smallest absolute Gasteiger partial charge is 0.508 e. The molecule has 12 rings (SSSR count). The van der Waals surface area contributed by atoms with Crippen LogP contribution in [0.2, 0.25) is 0 Å². The zero-order valence-corrected chi connectivity index (χ0v) is 45.6. The van der Waals surface area contributed by atoms with E-state index in [0.29, 0.717) is 22.3 Å². The summed E-state index contributed by atoms with van der Waals surface area (Å²) in [5, 5.41) is 36.2. The van der Waals surface area contributed by atoms with E-state index in [1.807, 2.05) is 38.1 Å². The number of alkyl halides is 12. The molecule has 3 heterocycles. The van der Waals surface area contributed by atoms with Gasteiger partial charge < -0.3 is 36.0 Å². The zero-order valence-electron chi connectivity index (χ0n) is 45.6. The lowest BCUT2D eigenvalue weighted by Crippen LogP contribution is -2.37. The van der Waals surface area contributed by atoms with E-state index in [9.17, 15) is 82.4 Å². The molecule has 0 spiro atoms. The van der Waals surface area contributed by atoms with E-state index in [0.717, 1.165) is 47.5 Å². The Bertz CT molecular complexity index is 3870. The number of aryl methyl sites for hydroxylation is 2. The molecule has 6 N–H and O–H groups in total. The summed E-state index contributed by atoms with van der Waals surface area (Å²) in [4.78, 5) is 39.8. The molecule has 3 atom stereocenters. The van der Waals surface area contributed by atoms with Gasteiger partial charge in [-0.05, 0) is 114 Å². The van der Waals surface area contributed by atoms with Crippen LogP contribution in [0.15, 0.2) is 200 Å². The lowest BCUT2D eigenvalue weighted by atomic mass is 9.70. The Balaban J connectivity index is 0.000000146. The Morgan fingerprint density at radius 2 is 0.557 bits per heavy atom. The topological polar surface area (TPSA) is 157 Å². The number of para-hydroxylation sites is 3. The molecule has 88 heavy (non-hydrogen) atoms. The van der Waals surface area contributed by atoms with Crippen LogP contribution in [0.25, 0.3) is 0 Å². The largest absolute Gasteiger partial charge is 0.573 e. The highest BCUT2D eigenvalue weighted by Crippen LogP contribution is 2.55. The van der Waals surface area contributed by atoms with Gasteiger partial charge in [0.2, 0.25) is 17.7 Å². The lowest BCUT2D eigenvalue weighted by molar-refractivity contribution is -0.274. The van der Waals surface area contributed by atoms with Crippen LogP contribution >= 0.6 is 0 Å². The summed E-state index contributed by atoms with van der Waals surface area (Å²) in [6, 6.07) is 46.7. The predicted octanol–water partition coefficient (Wildman–Crippen LogP) is 15.6. The van der Waals surface area contributed by atoms with Crippen LogP contribution in [0.3, 0.4) is 0 Å². The van der Waals surface area contributed by atoms with Crippen molar-refractivity contribution >= 4 is 34.8 Å². The first kappa shape index (κ1) is 60.9. The Morgan fingerprint density at radius 1 is 0.330 bits per heavy atom. The molecule has 0 aliphatic carbocycles. The number of rotatable bonds is 7. The molecule has 0 saturated carbocycles. The van der Waals surface area contributed by atoms with Crippen molar-refractivity contribution in [1.29, 1.82) is 0 Å². The Hall–Kier alpha value is -10.3. The minimum absolute atomic E-state index is 0.00507. The first-order valence-electron chi connectivity index (χ1n) is 26.4. The quantitative estimate of drug-likeness (QED) is 0.0868. The number of hydrogen-bond donors (Lipinski definition) is 6. The molecule has 1 unspecified atom stereocenters. The highest BCUT2D eigenvalue weighted by atomic mass is 19.4. The Kier molecular flexibility index (Phi) is 15.4. The molecule has 0 saturated heterocycles. The fourth-order valence-electron chi connectivity index (χ4n) is 11.6. The summed E-state index contributed by atoms with van der Waals surface area (Å²) in [5.41, 5.74) is -3.63. The minimum atomic E-state index is -4.94. The van der Waals surface area contributed by atoms with E-state index in [2.05, 4.69) is 20.7 Å². The third-order valence-corrected chi connectivity index (χ3v) is 15.4. The van der Waals surface area contributed by atoms with Gasteiger partial charge in [0, 0.05) is 16.7 Å². The van der Waals surface area contributed by atoms with Crippen LogP contribution in [-0.2, 0) is 49.2 Å². The van der Waals surface area contributed by atoms with Crippen molar-refractivity contribution in [2.75, 3.05) is 16.0 Å². The molecule has 9 aromatic carbocycles. The number of ether oxygens (including phenoxy) is 1. The lowest BCUT2D eigenvalue weighted by Gasteiger charge is -2.29. The number of benzene rings is 9. The van der Waals surface area contributed by atoms with Crippen LogP contribution in [0.1, 0.15) is 77.9 Å². The van der Waals surface area contributed by atoms with E-state index in [1.165, 1.54) is 91.0 Å². The van der Waals surface area contributed by atoms with Gasteiger partial charge in [-0.2, -0.15) is 39.5 Å². The standard InChI is InChI=1S/C22H13F6NO3.2C22H16F3NO2/c23-21(24,25)17-3-1-2-16-18(17)29-19(31)20(16,12-4-8-14(30)9-5-12)13-6-10-15(11-7-13)32-22(26,27)28;2*1-13-5-7-14(8-6-13)21(15-9-11-16(27)12-10-15)17-3-2-4-18(22(23,24)25)19(17)26-20(21)28/h1-11,30H,(H,29,31);2*2-12,27H,1H3,(H,26,28)/t20-;21-;/m11./s1. The van der Waals surface area contributed by atoms with E-state index in [4.69, 9.17) is 0 Å². The van der Waals surface area contributed by atoms with Crippen molar-refractivity contribution in [2.24, 2.45) is 0 Å². The van der Waals surface area contributed by atoms with E-state index >= 15 is 0 Å². The van der Waals surface area contributed by atoms with Crippen LogP contribution < -0.4 is 20.7 Å². The molecule has 9 aromatic rings. The van der Waals surface area contributed by atoms with Crippen molar-refractivity contribution in [3.05, 3.63) is 278 Å². The molecule has 0 fully saturated rings. The second kappa shape index (κ2) is 22.2. The molecular formula is C66H45F12N3O7. The Morgan fingerprint density at radius 3 is 0.784 bits per heavy atom. The number of phenolic OH excluding ortho intramolecular Hbond substituents is 3. The number of fused-ring (bicyclic) bond motifs is 3. The molecule has 0 bridgehead atoms. The van der Waals surface area contributed by atoms with Gasteiger partial charge in [0.15, 0.2) is 0 Å². The summed E-state index contributed by atoms with van der Waals surface area (Å²) in [6.07, 6.45) is -18.9. The Labute approximate surface area is 492 Å². The number of aromatic hydroxyl groups is 3. The molecule has 450 valence electrons. The molecule has 3 aliphatic rings. The average Bonchev–Trinajstić information content (AvgIpc) is 1.55. The number of phenols is 3. The highest BCUT2D eigenvalue weighted by Gasteiger charge is 2.55. The van der Waals surface area contributed by atoms with Crippen LogP contribution in [0.5, 0.6) is 23.0 Å². The monoisotopic (exact) mass is 1220 g/mol. The van der Waals surface area contributed by atoms with Crippen molar-refractivity contribution in [1.82, 2.24) is 0 Å². The molecule has 3 aliphatic heterocycles. The molecule has 3 amide bonds. The van der Waals surface area contributed by atoms with Crippen molar-refractivity contribution in [2.45, 2.75) is 55.0 Å². The summed E-state index contributed by atoms with van der Waals surface area (Å²) >= 11 is 0. The van der Waals surface area contributed by atoms with Gasteiger partial charge >= 0.3 is 24.9 Å². The fraction of sp³-hybridized carbons (Fsp3) is 0.136. The highest BCUT2D eigenvalue weighted by molar-refractivity contribution is 6.14. The van der Waals surface area contributed by atoms with Crippen molar-refractivity contribution in [3.63, 3.8) is 0 Å². The van der Waals surface area contributed by atoms with Crippen LogP contribution in [-0.4, -0.2) is 39.4 Å². The van der Waals surface area contributed by atoms with Gasteiger partial charge in [0.25, 0.3) is 0 Å².